The van der Waals surface area contributed by atoms with Crippen LogP contribution in [0.15, 0.2) is 12.3 Å². The predicted molar refractivity (Wildman–Crippen MR) is 51.1 cm³/mol. The quantitative estimate of drug-likeness (QED) is 0.784. The van der Waals surface area contributed by atoms with E-state index in [0.717, 1.165) is 0 Å². The molecule has 0 saturated heterocycles. The molecule has 14 heavy (non-hydrogen) atoms. The van der Waals surface area contributed by atoms with E-state index >= 15 is 0 Å². The molecule has 1 rings (SSSR count). The van der Waals surface area contributed by atoms with Crippen LogP contribution in [0.4, 0.5) is 8.78 Å². The molecule has 0 unspecified atom stereocenters. The lowest BCUT2D eigenvalue weighted by Gasteiger charge is -2.08. The monoisotopic (exact) mass is 260 g/mol. The number of nitrogens with zero attached hydrogens (tertiary/aromatic N) is 2. The Morgan fingerprint density at radius 2 is 2.29 bits per heavy atom. The molecule has 2 nitrogen and oxygen atoms in total. The van der Waals surface area contributed by atoms with Crippen LogP contribution in [-0.4, -0.2) is 4.98 Å². The summed E-state index contributed by atoms with van der Waals surface area (Å²) in [5.74, 6) is 0. The number of nitriles is 1. The van der Waals surface area contributed by atoms with Crippen molar-refractivity contribution in [3.8, 4) is 6.07 Å². The van der Waals surface area contributed by atoms with Crippen LogP contribution in [0.3, 0.4) is 0 Å². The molecule has 0 saturated carbocycles. The molecule has 1 heterocycles. The zero-order chi connectivity index (χ0) is 10.6. The van der Waals surface area contributed by atoms with Gasteiger partial charge in [0.25, 0.3) is 6.43 Å². The van der Waals surface area contributed by atoms with Gasteiger partial charge in [0, 0.05) is 17.1 Å². The number of hydrogen-bond acceptors (Lipinski definition) is 2. The summed E-state index contributed by atoms with van der Waals surface area (Å²) < 4.78 is 25.0. The Kier molecular flexibility index (Phi) is 3.96. The summed E-state index contributed by atoms with van der Waals surface area (Å²) in [5, 5.41) is 8.77. The van der Waals surface area contributed by atoms with E-state index in [-0.39, 0.29) is 17.3 Å². The Balaban J connectivity index is 3.19. The fourth-order valence-electron chi connectivity index (χ4n) is 1.14. The first-order valence-electron chi connectivity index (χ1n) is 3.88. The van der Waals surface area contributed by atoms with Crippen LogP contribution in [0, 0.1) is 11.3 Å². The molecule has 1 aromatic heterocycles. The number of aromatic nitrogens is 1. The summed E-state index contributed by atoms with van der Waals surface area (Å²) in [6, 6.07) is 3.18. The number of hydrogen-bond donors (Lipinski definition) is 0. The second kappa shape index (κ2) is 5.01. The first-order chi connectivity index (χ1) is 6.70. The Morgan fingerprint density at radius 3 is 2.79 bits per heavy atom. The molecule has 0 aromatic carbocycles. The molecule has 1 aromatic rings. The lowest BCUT2D eigenvalue weighted by molar-refractivity contribution is 0.150. The van der Waals surface area contributed by atoms with Gasteiger partial charge >= 0.3 is 0 Å². The zero-order valence-electron chi connectivity index (χ0n) is 7.17. The summed E-state index contributed by atoms with van der Waals surface area (Å²) in [4.78, 5) is 3.90. The van der Waals surface area contributed by atoms with Crippen LogP contribution >= 0.6 is 15.9 Å². The van der Waals surface area contributed by atoms with Gasteiger partial charge in [0.2, 0.25) is 0 Å². The topological polar surface area (TPSA) is 36.7 Å². The Labute approximate surface area is 88.7 Å². The predicted octanol–water partition coefficient (Wildman–Crippen LogP) is 2.98. The molecule has 5 heteroatoms. The van der Waals surface area contributed by atoms with Crippen molar-refractivity contribution in [3.05, 3.63) is 29.1 Å². The summed E-state index contributed by atoms with van der Waals surface area (Å²) in [5.41, 5.74) is 0.786. The van der Waals surface area contributed by atoms with Crippen LogP contribution in [0.25, 0.3) is 0 Å². The van der Waals surface area contributed by atoms with Crippen LogP contribution in [0.2, 0.25) is 0 Å². The van der Waals surface area contributed by atoms with Crippen molar-refractivity contribution in [2.75, 3.05) is 0 Å². The van der Waals surface area contributed by atoms with Crippen LogP contribution in [0.5, 0.6) is 0 Å². The fourth-order valence-corrected chi connectivity index (χ4v) is 1.79. The summed E-state index contributed by atoms with van der Waals surface area (Å²) in [6.45, 7) is 0. The summed E-state index contributed by atoms with van der Waals surface area (Å²) in [6.07, 6.45) is -1.16. The molecule has 0 N–H and O–H groups in total. The molecule has 0 aliphatic heterocycles. The number of halogens is 3. The van der Waals surface area contributed by atoms with Gasteiger partial charge in [-0.25, -0.2) is 8.78 Å². The smallest absolute Gasteiger partial charge is 0.260 e. The SMILES string of the molecule is N#CCc1nccc(C(F)F)c1CBr. The Bertz CT molecular complexity index is 360. The number of alkyl halides is 3. The minimum Gasteiger partial charge on any atom is -0.260 e. The van der Waals surface area contributed by atoms with E-state index < -0.39 is 6.43 Å². The van der Waals surface area contributed by atoms with Crippen LogP contribution in [0.1, 0.15) is 23.2 Å². The highest BCUT2D eigenvalue weighted by Crippen LogP contribution is 2.26. The minimum absolute atomic E-state index is 0.0536. The lowest BCUT2D eigenvalue weighted by Crippen LogP contribution is -2.00. The minimum atomic E-state index is -2.53. The fraction of sp³-hybridized carbons (Fsp3) is 0.333. The second-order valence-electron chi connectivity index (χ2n) is 2.59. The van der Waals surface area contributed by atoms with Crippen molar-refractivity contribution in [1.29, 1.82) is 5.26 Å². The van der Waals surface area contributed by atoms with Crippen LogP contribution < -0.4 is 0 Å². The number of pyridine rings is 1. The van der Waals surface area contributed by atoms with Crippen molar-refractivity contribution in [1.82, 2.24) is 4.98 Å². The Morgan fingerprint density at radius 1 is 1.57 bits per heavy atom. The molecule has 0 atom stereocenters. The zero-order valence-corrected chi connectivity index (χ0v) is 8.76. The average molecular weight is 261 g/mol. The van der Waals surface area contributed by atoms with Crippen molar-refractivity contribution >= 4 is 15.9 Å². The van der Waals surface area contributed by atoms with Gasteiger partial charge in [0.15, 0.2) is 0 Å². The van der Waals surface area contributed by atoms with Gasteiger partial charge in [0.05, 0.1) is 18.2 Å². The molecule has 0 bridgehead atoms. The van der Waals surface area contributed by atoms with Crippen molar-refractivity contribution in [2.24, 2.45) is 0 Å². The van der Waals surface area contributed by atoms with E-state index in [4.69, 9.17) is 5.26 Å². The largest absolute Gasteiger partial charge is 0.264 e. The third-order valence-corrected chi connectivity index (χ3v) is 2.36. The lowest BCUT2D eigenvalue weighted by atomic mass is 10.1. The van der Waals surface area contributed by atoms with E-state index in [9.17, 15) is 8.78 Å². The first-order valence-corrected chi connectivity index (χ1v) is 5.00. The molecular weight excluding hydrogens is 254 g/mol. The normalized spacial score (nSPS) is 10.2. The Hall–Kier alpha value is -1.02. The van der Waals surface area contributed by atoms with E-state index in [0.29, 0.717) is 11.3 Å². The molecule has 0 spiro atoms. The summed E-state index contributed by atoms with van der Waals surface area (Å²) in [7, 11) is 0. The van der Waals surface area contributed by atoms with Gasteiger partial charge in [-0.3, -0.25) is 4.98 Å². The van der Waals surface area contributed by atoms with E-state index in [1.807, 2.05) is 6.07 Å². The first kappa shape index (κ1) is 11.1. The van der Waals surface area contributed by atoms with Gasteiger partial charge in [0.1, 0.15) is 0 Å². The molecule has 0 radical (unpaired) electrons. The second-order valence-corrected chi connectivity index (χ2v) is 3.16. The van der Waals surface area contributed by atoms with Crippen molar-refractivity contribution in [2.45, 2.75) is 18.2 Å². The highest BCUT2D eigenvalue weighted by molar-refractivity contribution is 9.08. The van der Waals surface area contributed by atoms with Gasteiger partial charge in [-0.1, -0.05) is 15.9 Å². The number of rotatable bonds is 3. The molecular formula is C9H7BrF2N2. The summed E-state index contributed by atoms with van der Waals surface area (Å²) >= 11 is 3.11. The van der Waals surface area contributed by atoms with Gasteiger partial charge in [-0.2, -0.15) is 5.26 Å². The van der Waals surface area contributed by atoms with Crippen molar-refractivity contribution < 1.29 is 8.78 Å². The molecule has 74 valence electrons. The maximum absolute atomic E-state index is 12.5. The van der Waals surface area contributed by atoms with Crippen LogP contribution in [-0.2, 0) is 11.8 Å². The average Bonchev–Trinajstić information content (AvgIpc) is 2.18. The van der Waals surface area contributed by atoms with E-state index in [2.05, 4.69) is 20.9 Å². The standard InChI is InChI=1S/C9H7BrF2N2/c10-5-7-6(9(11)12)2-4-14-8(7)1-3-13/h2,4,9H,1,5H2. The molecule has 0 amide bonds. The van der Waals surface area contributed by atoms with Crippen molar-refractivity contribution in [3.63, 3.8) is 0 Å². The van der Waals surface area contributed by atoms with E-state index in [1.165, 1.54) is 12.3 Å². The van der Waals surface area contributed by atoms with Gasteiger partial charge in [-0.15, -0.1) is 0 Å². The van der Waals surface area contributed by atoms with E-state index in [1.54, 1.807) is 0 Å². The highest BCUT2D eigenvalue weighted by Gasteiger charge is 2.15. The maximum atomic E-state index is 12.5. The highest BCUT2D eigenvalue weighted by atomic mass is 79.9. The third-order valence-electron chi connectivity index (χ3n) is 1.80. The molecule has 0 fully saturated rings. The maximum Gasteiger partial charge on any atom is 0.264 e. The third kappa shape index (κ3) is 2.26. The molecule has 0 aliphatic carbocycles. The van der Waals surface area contributed by atoms with Gasteiger partial charge < -0.3 is 0 Å². The molecule has 0 aliphatic rings. The van der Waals surface area contributed by atoms with Gasteiger partial charge in [-0.05, 0) is 11.6 Å².